The van der Waals surface area contributed by atoms with Crippen LogP contribution < -0.4 is 9.80 Å². The number of benzene rings is 11. The molecule has 0 bridgehead atoms. The Balaban J connectivity index is 1.03. The molecule has 0 radical (unpaired) electrons. The average Bonchev–Trinajstić information content (AvgIpc) is 3.63. The van der Waals surface area contributed by atoms with Crippen molar-refractivity contribution in [3.63, 3.8) is 0 Å². The molecule has 1 aliphatic carbocycles. The zero-order valence-electron chi connectivity index (χ0n) is 39.3. The van der Waals surface area contributed by atoms with Gasteiger partial charge >= 0.3 is 0 Å². The normalized spacial score (nSPS) is 14.8. The quantitative estimate of drug-likeness (QED) is 0.159. The Hall–Kier alpha value is -7.94. The number of hydrogen-bond donors (Lipinski definition) is 0. The first-order chi connectivity index (χ1) is 34.0. The van der Waals surface area contributed by atoms with Gasteiger partial charge in [-0.2, -0.15) is 0 Å². The van der Waals surface area contributed by atoms with Crippen molar-refractivity contribution in [2.45, 2.75) is 44.9 Å². The lowest BCUT2D eigenvalue weighted by Gasteiger charge is -2.32. The van der Waals surface area contributed by atoms with Gasteiger partial charge < -0.3 is 9.80 Å². The molecule has 69 heavy (non-hydrogen) atoms. The zero-order valence-corrected chi connectivity index (χ0v) is 39.3. The number of rotatable bonds is 5. The van der Waals surface area contributed by atoms with Crippen LogP contribution in [0.25, 0.3) is 87.6 Å². The fourth-order valence-electron chi connectivity index (χ4n) is 12.7. The number of aryl methyl sites for hydroxylation is 2. The minimum Gasteiger partial charge on any atom is -0.341 e. The summed E-state index contributed by atoms with van der Waals surface area (Å²) < 4.78 is 0. The maximum absolute atomic E-state index is 2.56. The molecule has 11 aromatic rings. The van der Waals surface area contributed by atoms with Gasteiger partial charge in [-0.05, 0) is 190 Å². The predicted octanol–water partition coefficient (Wildman–Crippen LogP) is 17.8. The van der Waals surface area contributed by atoms with Gasteiger partial charge in [-0.25, -0.2) is 0 Å². The Morgan fingerprint density at radius 3 is 1.57 bits per heavy atom. The molecular weight excluding hydrogens is 833 g/mol. The van der Waals surface area contributed by atoms with Gasteiger partial charge in [-0.3, -0.25) is 0 Å². The first-order valence-electron chi connectivity index (χ1n) is 25.0. The number of nitrogens with zero attached hydrogens (tertiary/aromatic N) is 2. The molecular formula is C67H52N2. The molecule has 0 amide bonds. The third-order valence-electron chi connectivity index (χ3n) is 16.0. The van der Waals surface area contributed by atoms with Crippen molar-refractivity contribution in [3.05, 3.63) is 229 Å². The summed E-state index contributed by atoms with van der Waals surface area (Å²) in [4.78, 5) is 5.13. The number of anilines is 4. The van der Waals surface area contributed by atoms with E-state index in [-0.39, 0.29) is 5.41 Å². The standard InChI is InChI=1S/C67H52N2/c1-67(2)61-23-8-7-21-55(61)56-33-30-50(40-62(56)67)66-58-35-32-51(68-36-12-18-44-15-4-9-24-63(44)68)41-59(58)65(57-34-31-52(42-60(57)66)69-37-13-19-45-16-5-10-25-64(45)69)49-29-27-46-38-48(28-26-47(46)39-49)54-22-11-17-43-14-3-6-20-53(43)54/h3-11,14-17,20-35,38-42H,12-13,18-19,36-37H2,1-2H3. The second-order valence-corrected chi connectivity index (χ2v) is 20.2. The van der Waals surface area contributed by atoms with Crippen molar-refractivity contribution >= 4 is 65.8 Å². The maximum atomic E-state index is 2.56. The van der Waals surface area contributed by atoms with Crippen LogP contribution in [-0.2, 0) is 18.3 Å². The summed E-state index contributed by atoms with van der Waals surface area (Å²) in [5.74, 6) is 0. The molecule has 2 aliphatic heterocycles. The summed E-state index contributed by atoms with van der Waals surface area (Å²) >= 11 is 0. The molecule has 2 heteroatoms. The molecule has 2 heterocycles. The predicted molar refractivity (Wildman–Crippen MR) is 294 cm³/mol. The van der Waals surface area contributed by atoms with E-state index < -0.39 is 0 Å². The summed E-state index contributed by atoms with van der Waals surface area (Å²) in [5.41, 5.74) is 21.0. The van der Waals surface area contributed by atoms with Crippen LogP contribution in [0.5, 0.6) is 0 Å². The van der Waals surface area contributed by atoms with Crippen molar-refractivity contribution in [3.8, 4) is 44.5 Å². The third-order valence-corrected chi connectivity index (χ3v) is 16.0. The van der Waals surface area contributed by atoms with Crippen LogP contribution in [-0.4, -0.2) is 13.1 Å². The first kappa shape index (κ1) is 40.2. The van der Waals surface area contributed by atoms with Crippen LogP contribution in [0.4, 0.5) is 22.7 Å². The van der Waals surface area contributed by atoms with Crippen molar-refractivity contribution in [2.24, 2.45) is 0 Å². The number of para-hydroxylation sites is 2. The SMILES string of the molecule is CC1(C)c2ccccc2-c2ccc(-c3c4ccc(N5CCCc6ccccc65)cc4c(-c4ccc5cc(-c6cccc7ccccc67)ccc5c4)c4ccc(N5CCCc6ccccc65)cc34)cc21. The Morgan fingerprint density at radius 2 is 0.870 bits per heavy atom. The fourth-order valence-corrected chi connectivity index (χ4v) is 12.7. The van der Waals surface area contributed by atoms with Gasteiger partial charge in [0, 0.05) is 41.3 Å². The highest BCUT2D eigenvalue weighted by Gasteiger charge is 2.36. The van der Waals surface area contributed by atoms with E-state index in [1.54, 1.807) is 0 Å². The lowest BCUT2D eigenvalue weighted by atomic mass is 9.80. The Morgan fingerprint density at radius 1 is 0.348 bits per heavy atom. The van der Waals surface area contributed by atoms with Crippen LogP contribution >= 0.6 is 0 Å². The Bertz CT molecular complexity index is 3910. The lowest BCUT2D eigenvalue weighted by Crippen LogP contribution is -2.24. The molecule has 330 valence electrons. The van der Waals surface area contributed by atoms with Gasteiger partial charge in [-0.1, -0.05) is 166 Å². The molecule has 0 fully saturated rings. The maximum Gasteiger partial charge on any atom is 0.0443 e. The van der Waals surface area contributed by atoms with E-state index in [9.17, 15) is 0 Å². The van der Waals surface area contributed by atoms with Gasteiger partial charge in [0.1, 0.15) is 0 Å². The summed E-state index contributed by atoms with van der Waals surface area (Å²) in [6.45, 7) is 6.80. The smallest absolute Gasteiger partial charge is 0.0443 e. The van der Waals surface area contributed by atoms with E-state index in [2.05, 4.69) is 230 Å². The lowest BCUT2D eigenvalue weighted by molar-refractivity contribution is 0.660. The van der Waals surface area contributed by atoms with E-state index in [1.807, 2.05) is 0 Å². The topological polar surface area (TPSA) is 6.48 Å². The number of hydrogen-bond acceptors (Lipinski definition) is 2. The van der Waals surface area contributed by atoms with Crippen LogP contribution in [0.15, 0.2) is 206 Å². The van der Waals surface area contributed by atoms with Crippen LogP contribution in [0.3, 0.4) is 0 Å². The summed E-state index contributed by atoms with van der Waals surface area (Å²) in [7, 11) is 0. The van der Waals surface area contributed by atoms with E-state index >= 15 is 0 Å². The van der Waals surface area contributed by atoms with Gasteiger partial charge in [0.2, 0.25) is 0 Å². The van der Waals surface area contributed by atoms with Crippen molar-refractivity contribution < 1.29 is 0 Å². The highest BCUT2D eigenvalue weighted by molar-refractivity contribution is 6.23. The first-order valence-corrected chi connectivity index (χ1v) is 25.0. The van der Waals surface area contributed by atoms with Crippen molar-refractivity contribution in [2.75, 3.05) is 22.9 Å². The van der Waals surface area contributed by atoms with Gasteiger partial charge in [-0.15, -0.1) is 0 Å². The van der Waals surface area contributed by atoms with Crippen molar-refractivity contribution in [1.29, 1.82) is 0 Å². The summed E-state index contributed by atoms with van der Waals surface area (Å²) in [6, 6.07) is 78.7. The molecule has 0 aromatic heterocycles. The van der Waals surface area contributed by atoms with Crippen LogP contribution in [0.2, 0.25) is 0 Å². The Kier molecular flexibility index (Phi) is 9.05. The molecule has 3 aliphatic rings. The molecule has 0 unspecified atom stereocenters. The average molecular weight is 885 g/mol. The van der Waals surface area contributed by atoms with Crippen LogP contribution in [0, 0.1) is 0 Å². The minimum atomic E-state index is -0.121. The highest BCUT2D eigenvalue weighted by Crippen LogP contribution is 2.53. The summed E-state index contributed by atoms with van der Waals surface area (Å²) in [5, 5.41) is 10.2. The number of fused-ring (bicyclic) bond motifs is 9. The zero-order chi connectivity index (χ0) is 45.8. The molecule has 0 spiro atoms. The molecule has 14 rings (SSSR count). The van der Waals surface area contributed by atoms with E-state index in [4.69, 9.17) is 0 Å². The monoisotopic (exact) mass is 884 g/mol. The van der Waals surface area contributed by atoms with Crippen molar-refractivity contribution in [1.82, 2.24) is 0 Å². The molecule has 2 nitrogen and oxygen atoms in total. The molecule has 0 saturated carbocycles. The Labute approximate surface area is 404 Å². The second kappa shape index (κ2) is 15.6. The van der Waals surface area contributed by atoms with E-state index in [1.165, 1.54) is 133 Å². The van der Waals surface area contributed by atoms with Gasteiger partial charge in [0.05, 0.1) is 0 Å². The molecule has 0 N–H and O–H groups in total. The molecule has 0 saturated heterocycles. The molecule has 0 atom stereocenters. The minimum absolute atomic E-state index is 0.121. The second-order valence-electron chi connectivity index (χ2n) is 20.2. The van der Waals surface area contributed by atoms with E-state index in [0.717, 1.165) is 38.8 Å². The fraction of sp³-hybridized carbons (Fsp3) is 0.134. The largest absolute Gasteiger partial charge is 0.341 e. The molecule has 11 aromatic carbocycles. The van der Waals surface area contributed by atoms with E-state index in [0.29, 0.717) is 0 Å². The summed E-state index contributed by atoms with van der Waals surface area (Å²) in [6.07, 6.45) is 4.49. The van der Waals surface area contributed by atoms with Gasteiger partial charge in [0.15, 0.2) is 0 Å². The van der Waals surface area contributed by atoms with Gasteiger partial charge in [0.25, 0.3) is 0 Å². The third kappa shape index (κ3) is 6.31. The highest BCUT2D eigenvalue weighted by atomic mass is 15.1. The van der Waals surface area contributed by atoms with Crippen LogP contribution in [0.1, 0.15) is 48.9 Å².